The molecule has 7 rings (SSSR count). The summed E-state index contributed by atoms with van der Waals surface area (Å²) in [5.74, 6) is -0.736. The number of ether oxygens (including phenoxy) is 2. The van der Waals surface area contributed by atoms with Gasteiger partial charge in [0.15, 0.2) is 5.60 Å². The quantitative estimate of drug-likeness (QED) is 0.202. The zero-order chi connectivity index (χ0) is 36.8. The summed E-state index contributed by atoms with van der Waals surface area (Å²) in [4.78, 5) is 45.5. The van der Waals surface area contributed by atoms with Gasteiger partial charge in [-0.1, -0.05) is 43.3 Å². The molecule has 1 spiro atoms. The molecule has 2 saturated heterocycles. The average molecular weight is 729 g/mol. The monoisotopic (exact) mass is 728 g/mol. The molecule has 0 radical (unpaired) electrons. The zero-order valence-corrected chi connectivity index (χ0v) is 31.4. The number of anilines is 2. The van der Waals surface area contributed by atoms with Gasteiger partial charge in [-0.2, -0.15) is 0 Å². The first-order valence-electron chi connectivity index (χ1n) is 18.4. The SMILES string of the molecule is COc1ccc2c(c1)[C@]1(O[C@@H](CC(=O)N3Cc4ccccc4C[C@H]3CO)[C@H]([Si](C)(C)F)[C@H]1C)C(=O)N2Cc1cccc(NC(=O)C2CCCNC2)c1. The van der Waals surface area contributed by atoms with E-state index in [9.17, 15) is 19.5 Å². The molecule has 0 aliphatic carbocycles. The van der Waals surface area contributed by atoms with Crippen LogP contribution < -0.4 is 20.3 Å². The fraction of sp³-hybridized carbons (Fsp3) is 0.475. The molecule has 0 saturated carbocycles. The zero-order valence-electron chi connectivity index (χ0n) is 30.4. The van der Waals surface area contributed by atoms with Crippen LogP contribution in [0, 0.1) is 11.8 Å². The number of amides is 3. The van der Waals surface area contributed by atoms with E-state index >= 15 is 4.11 Å². The molecule has 0 bridgehead atoms. The van der Waals surface area contributed by atoms with Crippen molar-refractivity contribution in [2.24, 2.45) is 11.8 Å². The van der Waals surface area contributed by atoms with Crippen molar-refractivity contribution >= 4 is 37.5 Å². The minimum atomic E-state index is -3.54. The van der Waals surface area contributed by atoms with Crippen molar-refractivity contribution in [3.63, 3.8) is 0 Å². The molecule has 2 fully saturated rings. The van der Waals surface area contributed by atoms with Gasteiger partial charge in [0.1, 0.15) is 5.75 Å². The van der Waals surface area contributed by atoms with Crippen LogP contribution in [0.5, 0.6) is 5.75 Å². The van der Waals surface area contributed by atoms with E-state index in [-0.39, 0.29) is 43.2 Å². The topological polar surface area (TPSA) is 120 Å². The largest absolute Gasteiger partial charge is 0.497 e. The predicted octanol–water partition coefficient (Wildman–Crippen LogP) is 5.29. The lowest BCUT2D eigenvalue weighted by Crippen LogP contribution is -2.48. The van der Waals surface area contributed by atoms with Crippen molar-refractivity contribution in [2.45, 2.75) is 82.1 Å². The Bertz CT molecular complexity index is 1850. The minimum Gasteiger partial charge on any atom is -0.497 e. The van der Waals surface area contributed by atoms with Crippen molar-refractivity contribution in [3.05, 3.63) is 89.0 Å². The second-order valence-corrected chi connectivity index (χ2v) is 19.1. The molecular formula is C40H49FN4O6Si. The van der Waals surface area contributed by atoms with Crippen molar-refractivity contribution in [3.8, 4) is 5.75 Å². The molecule has 3 amide bonds. The maximum atomic E-state index is 16.5. The van der Waals surface area contributed by atoms with Crippen molar-refractivity contribution < 1.29 is 33.1 Å². The molecule has 4 aliphatic rings. The van der Waals surface area contributed by atoms with Crippen LogP contribution in [-0.2, 0) is 44.2 Å². The van der Waals surface area contributed by atoms with E-state index in [1.807, 2.05) is 61.5 Å². The van der Waals surface area contributed by atoms with Crippen LogP contribution in [0.4, 0.5) is 15.5 Å². The number of nitrogens with one attached hydrogen (secondary N) is 2. The van der Waals surface area contributed by atoms with E-state index in [2.05, 4.69) is 10.6 Å². The second-order valence-electron chi connectivity index (χ2n) is 15.3. The lowest BCUT2D eigenvalue weighted by molar-refractivity contribution is -0.151. The molecule has 3 aromatic carbocycles. The van der Waals surface area contributed by atoms with Crippen LogP contribution in [0.1, 0.15) is 48.4 Å². The van der Waals surface area contributed by atoms with Crippen LogP contribution in [0.3, 0.4) is 0 Å². The number of halogens is 1. The van der Waals surface area contributed by atoms with Crippen LogP contribution in [0.2, 0.25) is 18.6 Å². The van der Waals surface area contributed by atoms with E-state index in [0.717, 1.165) is 36.1 Å². The lowest BCUT2D eigenvalue weighted by atomic mass is 9.82. The first-order chi connectivity index (χ1) is 24.9. The van der Waals surface area contributed by atoms with Crippen LogP contribution in [0.15, 0.2) is 66.7 Å². The Morgan fingerprint density at radius 3 is 2.62 bits per heavy atom. The molecule has 6 atom stereocenters. The van der Waals surface area contributed by atoms with Gasteiger partial charge < -0.3 is 39.1 Å². The van der Waals surface area contributed by atoms with Crippen LogP contribution >= 0.6 is 0 Å². The number of nitrogens with zero attached hydrogens (tertiary/aromatic N) is 2. The summed E-state index contributed by atoms with van der Waals surface area (Å²) in [5, 5.41) is 16.6. The third-order valence-electron chi connectivity index (χ3n) is 11.6. The van der Waals surface area contributed by atoms with Gasteiger partial charge in [0.2, 0.25) is 20.2 Å². The number of aliphatic hydroxyl groups excluding tert-OH is 1. The standard InChI is InChI=1S/C40H49FN4O6Si/c1-25-37(52(3,4)41)35(20-36(47)44-23-29-11-6-5-10-27(29)18-31(44)24-46)51-40(25)33-19-32(50-2)14-15-34(33)45(39(40)49)22-26-9-7-13-30(17-26)43-38(48)28-12-8-16-42-21-28/h5-7,9-11,13-15,17,19,25,28,31,35,37,42,46H,8,12,16,18,20-24H2,1-4H3,(H,43,48)/t25-,28?,31+,35+,37-,40+/m1/s1. The Balaban J connectivity index is 1.19. The summed E-state index contributed by atoms with van der Waals surface area (Å²) < 4.78 is 29.0. The normalized spacial score (nSPS) is 27.0. The van der Waals surface area contributed by atoms with Crippen LogP contribution in [0.25, 0.3) is 0 Å². The third-order valence-corrected chi connectivity index (χ3v) is 14.1. The number of aliphatic hydroxyl groups is 1. The molecule has 52 heavy (non-hydrogen) atoms. The Morgan fingerprint density at radius 1 is 1.12 bits per heavy atom. The highest BCUT2D eigenvalue weighted by molar-refractivity contribution is 6.72. The summed E-state index contributed by atoms with van der Waals surface area (Å²) in [6, 6.07) is 20.4. The number of benzene rings is 3. The Labute approximate surface area is 305 Å². The first-order valence-corrected chi connectivity index (χ1v) is 21.3. The summed E-state index contributed by atoms with van der Waals surface area (Å²) in [5.41, 5.74) is 2.60. The Kier molecular flexibility index (Phi) is 10.0. The number of hydrogen-bond donors (Lipinski definition) is 3. The van der Waals surface area contributed by atoms with E-state index in [0.29, 0.717) is 42.2 Å². The number of fused-ring (bicyclic) bond motifs is 3. The van der Waals surface area contributed by atoms with Crippen molar-refractivity contribution in [1.82, 2.24) is 10.2 Å². The summed E-state index contributed by atoms with van der Waals surface area (Å²) in [6.45, 7) is 7.03. The van der Waals surface area contributed by atoms with E-state index in [4.69, 9.17) is 9.47 Å². The number of methoxy groups -OCH3 is 1. The van der Waals surface area contributed by atoms with Gasteiger partial charge in [-0.15, -0.1) is 0 Å². The molecule has 12 heteroatoms. The summed E-state index contributed by atoms with van der Waals surface area (Å²) >= 11 is 0. The molecule has 276 valence electrons. The Morgan fingerprint density at radius 2 is 1.90 bits per heavy atom. The Hall–Kier alpha value is -4.10. The predicted molar refractivity (Wildman–Crippen MR) is 199 cm³/mol. The average Bonchev–Trinajstić information content (AvgIpc) is 3.56. The second kappa shape index (κ2) is 14.4. The molecule has 1 unspecified atom stereocenters. The van der Waals surface area contributed by atoms with Crippen molar-refractivity contribution in [2.75, 3.05) is 37.0 Å². The molecule has 0 aromatic heterocycles. The number of hydrogen-bond acceptors (Lipinski definition) is 7. The first kappa shape index (κ1) is 36.3. The molecule has 3 N–H and O–H groups in total. The van der Waals surface area contributed by atoms with Crippen molar-refractivity contribution in [1.29, 1.82) is 0 Å². The lowest BCUT2D eigenvalue weighted by Gasteiger charge is -2.37. The molecule has 4 aliphatic heterocycles. The third kappa shape index (κ3) is 6.54. The number of carbonyl (C=O) groups is 3. The smallest absolute Gasteiger partial charge is 0.264 e. The van der Waals surface area contributed by atoms with Gasteiger partial charge in [0.25, 0.3) is 5.91 Å². The van der Waals surface area contributed by atoms with E-state index < -0.39 is 37.6 Å². The van der Waals surface area contributed by atoms with Gasteiger partial charge >= 0.3 is 0 Å². The fourth-order valence-electron chi connectivity index (χ4n) is 9.09. The molecular weight excluding hydrogens is 680 g/mol. The van der Waals surface area contributed by atoms with Gasteiger partial charge in [0.05, 0.1) is 50.4 Å². The highest BCUT2D eigenvalue weighted by Crippen LogP contribution is 2.61. The maximum absolute atomic E-state index is 16.5. The van der Waals surface area contributed by atoms with Gasteiger partial charge in [-0.25, -0.2) is 0 Å². The number of carbonyl (C=O) groups excluding carboxylic acids is 3. The summed E-state index contributed by atoms with van der Waals surface area (Å²) in [6.07, 6.45) is 1.35. The molecule has 4 heterocycles. The van der Waals surface area contributed by atoms with E-state index in [1.54, 1.807) is 42.1 Å². The fourth-order valence-corrected chi connectivity index (χ4v) is 11.6. The highest BCUT2D eigenvalue weighted by atomic mass is 28.4. The molecule has 3 aromatic rings. The van der Waals surface area contributed by atoms with Gasteiger partial charge in [0, 0.05) is 35.8 Å². The maximum Gasteiger partial charge on any atom is 0.264 e. The van der Waals surface area contributed by atoms with Crippen LogP contribution in [-0.4, -0.2) is 75.1 Å². The molecule has 10 nitrogen and oxygen atoms in total. The summed E-state index contributed by atoms with van der Waals surface area (Å²) in [7, 11) is -1.98. The number of rotatable bonds is 9. The highest BCUT2D eigenvalue weighted by Gasteiger charge is 2.67. The van der Waals surface area contributed by atoms with Gasteiger partial charge in [-0.05, 0) is 85.9 Å². The minimum absolute atomic E-state index is 0.0325. The van der Waals surface area contributed by atoms with E-state index in [1.165, 1.54) is 0 Å². The van der Waals surface area contributed by atoms with Gasteiger partial charge in [-0.3, -0.25) is 14.4 Å². The number of piperidine rings is 1.